The third kappa shape index (κ3) is 2.80. The SMILES string of the molecule is Cc1cc(C#N)ccc1NCc1ccc(N)cc1. The van der Waals surface area contributed by atoms with Crippen LogP contribution in [0.25, 0.3) is 0 Å². The molecule has 0 radical (unpaired) electrons. The number of nitriles is 1. The van der Waals surface area contributed by atoms with Gasteiger partial charge in [-0.1, -0.05) is 12.1 Å². The number of anilines is 2. The summed E-state index contributed by atoms with van der Waals surface area (Å²) in [6, 6.07) is 15.6. The molecule has 0 fully saturated rings. The van der Waals surface area contributed by atoms with Crippen molar-refractivity contribution in [2.75, 3.05) is 11.1 Å². The van der Waals surface area contributed by atoms with E-state index in [0.29, 0.717) is 5.56 Å². The molecule has 3 N–H and O–H groups in total. The molecule has 0 unspecified atom stereocenters. The molecule has 2 aromatic carbocycles. The summed E-state index contributed by atoms with van der Waals surface area (Å²) in [7, 11) is 0. The van der Waals surface area contributed by atoms with Crippen LogP contribution in [0.1, 0.15) is 16.7 Å². The van der Waals surface area contributed by atoms with Gasteiger partial charge in [0.15, 0.2) is 0 Å². The number of nitrogen functional groups attached to an aromatic ring is 1. The number of nitrogens with two attached hydrogens (primary N) is 1. The quantitative estimate of drug-likeness (QED) is 0.806. The predicted molar refractivity (Wildman–Crippen MR) is 74.1 cm³/mol. The molecular weight excluding hydrogens is 222 g/mol. The number of benzene rings is 2. The van der Waals surface area contributed by atoms with Crippen molar-refractivity contribution in [2.45, 2.75) is 13.5 Å². The lowest BCUT2D eigenvalue weighted by molar-refractivity contribution is 1.14. The monoisotopic (exact) mass is 237 g/mol. The summed E-state index contributed by atoms with van der Waals surface area (Å²) >= 11 is 0. The molecule has 3 heteroatoms. The minimum atomic E-state index is 0.686. The topological polar surface area (TPSA) is 61.8 Å². The van der Waals surface area contributed by atoms with E-state index in [9.17, 15) is 0 Å². The van der Waals surface area contributed by atoms with Crippen molar-refractivity contribution < 1.29 is 0 Å². The molecule has 0 amide bonds. The highest BCUT2D eigenvalue weighted by atomic mass is 14.9. The van der Waals surface area contributed by atoms with Crippen LogP contribution in [0.2, 0.25) is 0 Å². The van der Waals surface area contributed by atoms with E-state index in [4.69, 9.17) is 11.0 Å². The third-order valence-corrected chi connectivity index (χ3v) is 2.82. The van der Waals surface area contributed by atoms with Gasteiger partial charge in [0.25, 0.3) is 0 Å². The van der Waals surface area contributed by atoms with Crippen molar-refractivity contribution in [3.8, 4) is 6.07 Å². The second-order valence-electron chi connectivity index (χ2n) is 4.24. The molecule has 2 rings (SSSR count). The minimum absolute atomic E-state index is 0.686. The molecule has 0 saturated heterocycles. The summed E-state index contributed by atoms with van der Waals surface area (Å²) in [5.74, 6) is 0. The van der Waals surface area contributed by atoms with Gasteiger partial charge in [0.05, 0.1) is 11.6 Å². The second kappa shape index (κ2) is 5.24. The Kier molecular flexibility index (Phi) is 3.49. The van der Waals surface area contributed by atoms with Gasteiger partial charge >= 0.3 is 0 Å². The highest BCUT2D eigenvalue weighted by molar-refractivity contribution is 5.54. The number of hydrogen-bond donors (Lipinski definition) is 2. The number of nitrogens with one attached hydrogen (secondary N) is 1. The van der Waals surface area contributed by atoms with Crippen molar-refractivity contribution in [1.82, 2.24) is 0 Å². The van der Waals surface area contributed by atoms with E-state index in [1.54, 1.807) is 0 Å². The minimum Gasteiger partial charge on any atom is -0.399 e. The van der Waals surface area contributed by atoms with E-state index >= 15 is 0 Å². The Morgan fingerprint density at radius 3 is 2.50 bits per heavy atom. The summed E-state index contributed by atoms with van der Waals surface area (Å²) in [6.07, 6.45) is 0. The molecule has 0 spiro atoms. The molecule has 0 aromatic heterocycles. The van der Waals surface area contributed by atoms with E-state index in [-0.39, 0.29) is 0 Å². The van der Waals surface area contributed by atoms with Crippen LogP contribution >= 0.6 is 0 Å². The van der Waals surface area contributed by atoms with E-state index in [2.05, 4.69) is 11.4 Å². The van der Waals surface area contributed by atoms with E-state index < -0.39 is 0 Å². The zero-order valence-electron chi connectivity index (χ0n) is 10.3. The molecule has 18 heavy (non-hydrogen) atoms. The molecule has 0 atom stereocenters. The highest BCUT2D eigenvalue weighted by Crippen LogP contribution is 2.17. The van der Waals surface area contributed by atoms with Crippen LogP contribution in [-0.2, 0) is 6.54 Å². The fraction of sp³-hybridized carbons (Fsp3) is 0.133. The Morgan fingerprint density at radius 2 is 1.89 bits per heavy atom. The second-order valence-corrected chi connectivity index (χ2v) is 4.24. The first kappa shape index (κ1) is 12.0. The van der Waals surface area contributed by atoms with Gasteiger partial charge in [-0.2, -0.15) is 5.26 Å². The Morgan fingerprint density at radius 1 is 1.17 bits per heavy atom. The van der Waals surface area contributed by atoms with Gasteiger partial charge in [-0.05, 0) is 48.4 Å². The average molecular weight is 237 g/mol. The van der Waals surface area contributed by atoms with Gasteiger partial charge in [-0.3, -0.25) is 0 Å². The van der Waals surface area contributed by atoms with Crippen LogP contribution in [0.3, 0.4) is 0 Å². The van der Waals surface area contributed by atoms with E-state index in [1.165, 1.54) is 5.56 Å². The van der Waals surface area contributed by atoms with Crippen molar-refractivity contribution >= 4 is 11.4 Å². The summed E-state index contributed by atoms with van der Waals surface area (Å²) in [5, 5.41) is 12.2. The van der Waals surface area contributed by atoms with Gasteiger partial charge in [0.2, 0.25) is 0 Å². The number of hydrogen-bond acceptors (Lipinski definition) is 3. The maximum Gasteiger partial charge on any atom is 0.0991 e. The summed E-state index contributed by atoms with van der Waals surface area (Å²) in [6.45, 7) is 2.74. The van der Waals surface area contributed by atoms with Crippen LogP contribution in [0.5, 0.6) is 0 Å². The van der Waals surface area contributed by atoms with Gasteiger partial charge in [0.1, 0.15) is 0 Å². The Balaban J connectivity index is 2.06. The van der Waals surface area contributed by atoms with Crippen LogP contribution in [0, 0.1) is 18.3 Å². The number of rotatable bonds is 3. The maximum atomic E-state index is 8.80. The fourth-order valence-electron chi connectivity index (χ4n) is 1.76. The lowest BCUT2D eigenvalue weighted by Gasteiger charge is -2.10. The van der Waals surface area contributed by atoms with Gasteiger partial charge in [-0.25, -0.2) is 0 Å². The lowest BCUT2D eigenvalue weighted by atomic mass is 10.1. The van der Waals surface area contributed by atoms with Crippen molar-refractivity contribution in [2.24, 2.45) is 0 Å². The van der Waals surface area contributed by atoms with Crippen LogP contribution in [0.4, 0.5) is 11.4 Å². The standard InChI is InChI=1S/C15H15N3/c1-11-8-13(9-16)4-7-15(11)18-10-12-2-5-14(17)6-3-12/h2-8,18H,10,17H2,1H3. The zero-order chi connectivity index (χ0) is 13.0. The number of aryl methyl sites for hydroxylation is 1. The maximum absolute atomic E-state index is 8.80. The lowest BCUT2D eigenvalue weighted by Crippen LogP contribution is -2.01. The molecule has 0 aliphatic rings. The summed E-state index contributed by atoms with van der Waals surface area (Å²) < 4.78 is 0. The molecular formula is C15H15N3. The smallest absolute Gasteiger partial charge is 0.0991 e. The zero-order valence-corrected chi connectivity index (χ0v) is 10.3. The summed E-state index contributed by atoms with van der Waals surface area (Å²) in [4.78, 5) is 0. The van der Waals surface area contributed by atoms with Crippen LogP contribution in [0.15, 0.2) is 42.5 Å². The van der Waals surface area contributed by atoms with Gasteiger partial charge in [0, 0.05) is 17.9 Å². The molecule has 90 valence electrons. The average Bonchev–Trinajstić information content (AvgIpc) is 2.39. The number of nitrogens with zero attached hydrogens (tertiary/aromatic N) is 1. The van der Waals surface area contributed by atoms with Crippen molar-refractivity contribution in [1.29, 1.82) is 5.26 Å². The first-order chi connectivity index (χ1) is 8.69. The largest absolute Gasteiger partial charge is 0.399 e. The third-order valence-electron chi connectivity index (χ3n) is 2.82. The first-order valence-corrected chi connectivity index (χ1v) is 5.78. The molecule has 0 saturated carbocycles. The molecule has 0 heterocycles. The predicted octanol–water partition coefficient (Wildman–Crippen LogP) is 3.06. The molecule has 2 aromatic rings. The molecule has 0 aliphatic carbocycles. The first-order valence-electron chi connectivity index (χ1n) is 5.78. The normalized spacial score (nSPS) is 9.78. The molecule has 0 aliphatic heterocycles. The van der Waals surface area contributed by atoms with Crippen LogP contribution in [-0.4, -0.2) is 0 Å². The molecule has 0 bridgehead atoms. The van der Waals surface area contributed by atoms with Gasteiger partial charge in [-0.15, -0.1) is 0 Å². The van der Waals surface area contributed by atoms with Gasteiger partial charge < -0.3 is 11.1 Å². The molecule has 3 nitrogen and oxygen atoms in total. The fourth-order valence-corrected chi connectivity index (χ4v) is 1.76. The van der Waals surface area contributed by atoms with E-state index in [1.807, 2.05) is 49.4 Å². The van der Waals surface area contributed by atoms with Crippen molar-refractivity contribution in [3.63, 3.8) is 0 Å². The summed E-state index contributed by atoms with van der Waals surface area (Å²) in [5.41, 5.74) is 10.4. The van der Waals surface area contributed by atoms with E-state index in [0.717, 1.165) is 23.5 Å². The highest BCUT2D eigenvalue weighted by Gasteiger charge is 2.00. The Hall–Kier alpha value is -2.47. The van der Waals surface area contributed by atoms with Crippen LogP contribution < -0.4 is 11.1 Å². The van der Waals surface area contributed by atoms with Crippen molar-refractivity contribution in [3.05, 3.63) is 59.2 Å². The Labute approximate surface area is 107 Å². The Bertz CT molecular complexity index is 580.